The third-order valence-corrected chi connectivity index (χ3v) is 4.19. The first-order valence-electron chi connectivity index (χ1n) is 7.64. The summed E-state index contributed by atoms with van der Waals surface area (Å²) in [5.41, 5.74) is 6.45. The van der Waals surface area contributed by atoms with Crippen molar-refractivity contribution in [2.75, 3.05) is 17.6 Å². The first-order chi connectivity index (χ1) is 9.58. The second-order valence-electron chi connectivity index (χ2n) is 6.08. The van der Waals surface area contributed by atoms with Crippen molar-refractivity contribution >= 4 is 23.1 Å². The molecule has 2 rings (SSSR count). The zero-order valence-electron chi connectivity index (χ0n) is 12.5. The highest BCUT2D eigenvalue weighted by Crippen LogP contribution is 2.33. The predicted molar refractivity (Wildman–Crippen MR) is 85.2 cm³/mol. The molecule has 0 unspecified atom stereocenters. The summed E-state index contributed by atoms with van der Waals surface area (Å²) in [6.07, 6.45) is 7.23. The highest BCUT2D eigenvalue weighted by molar-refractivity contribution is 6.32. The Morgan fingerprint density at radius 1 is 1.25 bits per heavy atom. The Morgan fingerprint density at radius 2 is 1.95 bits per heavy atom. The number of aromatic nitrogens is 2. The smallest absolute Gasteiger partial charge is 0.157 e. The van der Waals surface area contributed by atoms with Gasteiger partial charge >= 0.3 is 0 Å². The van der Waals surface area contributed by atoms with Gasteiger partial charge in [-0.3, -0.25) is 0 Å². The van der Waals surface area contributed by atoms with Crippen LogP contribution in [-0.4, -0.2) is 16.5 Å². The van der Waals surface area contributed by atoms with Crippen molar-refractivity contribution in [2.45, 2.75) is 58.3 Å². The van der Waals surface area contributed by atoms with E-state index in [9.17, 15) is 0 Å². The number of hydrogen-bond donors (Lipinski definition) is 2. The van der Waals surface area contributed by atoms with E-state index in [0.29, 0.717) is 28.5 Å². The molecule has 0 bridgehead atoms. The van der Waals surface area contributed by atoms with E-state index in [2.05, 4.69) is 29.1 Å². The van der Waals surface area contributed by atoms with Crippen LogP contribution < -0.4 is 11.1 Å². The van der Waals surface area contributed by atoms with Crippen LogP contribution in [0.3, 0.4) is 0 Å². The van der Waals surface area contributed by atoms with Crippen molar-refractivity contribution in [2.24, 2.45) is 5.92 Å². The van der Waals surface area contributed by atoms with Crippen molar-refractivity contribution in [1.29, 1.82) is 0 Å². The molecule has 1 saturated carbocycles. The van der Waals surface area contributed by atoms with E-state index < -0.39 is 0 Å². The lowest BCUT2D eigenvalue weighted by Gasteiger charge is -2.21. The van der Waals surface area contributed by atoms with Gasteiger partial charge in [0.1, 0.15) is 11.5 Å². The summed E-state index contributed by atoms with van der Waals surface area (Å²) in [7, 11) is 0. The number of nitrogens with zero attached hydrogens (tertiary/aromatic N) is 2. The van der Waals surface area contributed by atoms with E-state index in [1.165, 1.54) is 19.3 Å². The maximum Gasteiger partial charge on any atom is 0.157 e. The molecule has 112 valence electrons. The van der Waals surface area contributed by atoms with Gasteiger partial charge in [-0.15, -0.1) is 0 Å². The van der Waals surface area contributed by atoms with Crippen molar-refractivity contribution in [3.8, 4) is 0 Å². The van der Waals surface area contributed by atoms with Gasteiger partial charge in [0.2, 0.25) is 0 Å². The Labute approximate surface area is 126 Å². The third kappa shape index (κ3) is 3.98. The van der Waals surface area contributed by atoms with Crippen LogP contribution in [0.4, 0.5) is 11.5 Å². The van der Waals surface area contributed by atoms with Gasteiger partial charge in [-0.25, -0.2) is 9.97 Å². The molecule has 3 N–H and O–H groups in total. The molecule has 1 aromatic rings. The summed E-state index contributed by atoms with van der Waals surface area (Å²) < 4.78 is 0. The minimum Gasteiger partial charge on any atom is -0.393 e. The van der Waals surface area contributed by atoms with E-state index in [4.69, 9.17) is 17.3 Å². The van der Waals surface area contributed by atoms with Crippen molar-refractivity contribution < 1.29 is 0 Å². The Balaban J connectivity index is 2.11. The van der Waals surface area contributed by atoms with Crippen molar-refractivity contribution in [3.05, 3.63) is 11.0 Å². The second-order valence-corrected chi connectivity index (χ2v) is 6.44. The molecule has 0 amide bonds. The average molecular weight is 297 g/mol. The number of nitrogen functional groups attached to an aromatic ring is 1. The van der Waals surface area contributed by atoms with E-state index in [1.54, 1.807) is 0 Å². The Bertz CT molecular complexity index is 442. The second kappa shape index (κ2) is 7.11. The Hall–Kier alpha value is -1.03. The maximum atomic E-state index is 6.16. The first kappa shape index (κ1) is 15.4. The van der Waals surface area contributed by atoms with Crippen LogP contribution in [0.15, 0.2) is 0 Å². The average Bonchev–Trinajstić information content (AvgIpc) is 2.44. The van der Waals surface area contributed by atoms with Crippen molar-refractivity contribution in [1.82, 2.24) is 9.97 Å². The minimum atomic E-state index is 0.382. The molecule has 1 aromatic heterocycles. The summed E-state index contributed by atoms with van der Waals surface area (Å²) in [4.78, 5) is 9.01. The predicted octanol–water partition coefficient (Wildman–Crippen LogP) is 4.22. The topological polar surface area (TPSA) is 63.8 Å². The largest absolute Gasteiger partial charge is 0.393 e. The normalized spacial score (nSPS) is 16.6. The van der Waals surface area contributed by atoms with Crippen LogP contribution in [0.1, 0.15) is 64.1 Å². The van der Waals surface area contributed by atoms with E-state index in [0.717, 1.165) is 31.6 Å². The molecule has 4 nitrogen and oxygen atoms in total. The van der Waals surface area contributed by atoms with Crippen LogP contribution in [0.25, 0.3) is 0 Å². The summed E-state index contributed by atoms with van der Waals surface area (Å²) in [6, 6.07) is 0. The minimum absolute atomic E-state index is 0.382. The number of anilines is 2. The lowest BCUT2D eigenvalue weighted by molar-refractivity contribution is 0.429. The van der Waals surface area contributed by atoms with Gasteiger partial charge in [-0.2, -0.15) is 0 Å². The highest BCUT2D eigenvalue weighted by Gasteiger charge is 2.20. The zero-order valence-corrected chi connectivity index (χ0v) is 13.2. The molecule has 0 saturated heterocycles. The number of nitrogens with one attached hydrogen (secondary N) is 1. The lowest BCUT2D eigenvalue weighted by atomic mass is 9.89. The summed E-state index contributed by atoms with van der Waals surface area (Å²) in [6.45, 7) is 5.26. The van der Waals surface area contributed by atoms with E-state index >= 15 is 0 Å². The molecule has 0 spiro atoms. The number of nitrogens with two attached hydrogens (primary N) is 1. The molecule has 1 fully saturated rings. The van der Waals surface area contributed by atoms with Crippen LogP contribution >= 0.6 is 11.6 Å². The van der Waals surface area contributed by atoms with Gasteiger partial charge in [0.05, 0.1) is 0 Å². The van der Waals surface area contributed by atoms with Gasteiger partial charge in [0.25, 0.3) is 0 Å². The summed E-state index contributed by atoms with van der Waals surface area (Å²) >= 11 is 6.16. The molecular weight excluding hydrogens is 272 g/mol. The van der Waals surface area contributed by atoms with Gasteiger partial charge in [-0.1, -0.05) is 44.7 Å². The van der Waals surface area contributed by atoms with Crippen LogP contribution in [0, 0.1) is 5.92 Å². The SMILES string of the molecule is CC(C)CCNc1nc(C2CCCCC2)nc(Cl)c1N. The molecule has 0 aliphatic heterocycles. The summed E-state index contributed by atoms with van der Waals surface area (Å²) in [5, 5.41) is 3.69. The molecule has 0 aromatic carbocycles. The van der Waals surface area contributed by atoms with Gasteiger partial charge in [-0.05, 0) is 25.2 Å². The Kier molecular flexibility index (Phi) is 5.46. The molecule has 0 atom stereocenters. The van der Waals surface area contributed by atoms with Gasteiger partial charge in [0.15, 0.2) is 11.0 Å². The van der Waals surface area contributed by atoms with Gasteiger partial charge < -0.3 is 11.1 Å². The zero-order chi connectivity index (χ0) is 14.5. The number of hydrogen-bond acceptors (Lipinski definition) is 4. The molecule has 5 heteroatoms. The number of halogens is 1. The first-order valence-corrected chi connectivity index (χ1v) is 8.02. The van der Waals surface area contributed by atoms with Crippen molar-refractivity contribution in [3.63, 3.8) is 0 Å². The molecule has 1 heterocycles. The lowest BCUT2D eigenvalue weighted by Crippen LogP contribution is -2.14. The fraction of sp³-hybridized carbons (Fsp3) is 0.733. The molecule has 20 heavy (non-hydrogen) atoms. The number of rotatable bonds is 5. The van der Waals surface area contributed by atoms with Gasteiger partial charge in [0, 0.05) is 12.5 Å². The standard InChI is InChI=1S/C15H25ClN4/c1-10(2)8-9-18-15-12(17)13(16)19-14(20-15)11-6-4-3-5-7-11/h10-11H,3-9,17H2,1-2H3,(H,18,19,20). The molecule has 1 aliphatic rings. The monoisotopic (exact) mass is 296 g/mol. The fourth-order valence-corrected chi connectivity index (χ4v) is 2.79. The van der Waals surface area contributed by atoms with Crippen LogP contribution in [-0.2, 0) is 0 Å². The molecule has 0 radical (unpaired) electrons. The van der Waals surface area contributed by atoms with E-state index in [-0.39, 0.29) is 0 Å². The van der Waals surface area contributed by atoms with E-state index in [1.807, 2.05) is 0 Å². The third-order valence-electron chi connectivity index (χ3n) is 3.90. The summed E-state index contributed by atoms with van der Waals surface area (Å²) in [5.74, 6) is 2.65. The quantitative estimate of drug-likeness (QED) is 0.799. The molecular formula is C15H25ClN4. The molecule has 1 aliphatic carbocycles. The maximum absolute atomic E-state index is 6.16. The Morgan fingerprint density at radius 3 is 2.60 bits per heavy atom. The fourth-order valence-electron chi connectivity index (χ4n) is 2.62. The van der Waals surface area contributed by atoms with Crippen LogP contribution in [0.2, 0.25) is 5.15 Å². The highest BCUT2D eigenvalue weighted by atomic mass is 35.5. The van der Waals surface area contributed by atoms with Crippen LogP contribution in [0.5, 0.6) is 0 Å².